The lowest BCUT2D eigenvalue weighted by molar-refractivity contribution is -0.117. The van der Waals surface area contributed by atoms with Crippen LogP contribution in [-0.2, 0) is 9.59 Å². The molecular weight excluding hydrogens is 368 g/mol. The Morgan fingerprint density at radius 3 is 2.45 bits per heavy atom. The van der Waals surface area contributed by atoms with E-state index in [1.807, 2.05) is 32.0 Å². The Morgan fingerprint density at radius 2 is 1.72 bits per heavy atom. The molecule has 2 aromatic rings. The van der Waals surface area contributed by atoms with Crippen molar-refractivity contribution in [3.63, 3.8) is 0 Å². The van der Waals surface area contributed by atoms with Gasteiger partial charge >= 0.3 is 0 Å². The fourth-order valence-electron chi connectivity index (χ4n) is 2.92. The summed E-state index contributed by atoms with van der Waals surface area (Å²) < 4.78 is 0. The van der Waals surface area contributed by atoms with Crippen molar-refractivity contribution in [2.45, 2.75) is 26.7 Å². The van der Waals surface area contributed by atoms with Gasteiger partial charge in [0.2, 0.25) is 11.8 Å². The first kappa shape index (κ1) is 20.4. The van der Waals surface area contributed by atoms with Crippen LogP contribution >= 0.6 is 0 Å². The number of carbonyl (C=O) groups is 3. The maximum absolute atomic E-state index is 12.3. The molecule has 7 nitrogen and oxygen atoms in total. The Labute approximate surface area is 170 Å². The molecule has 0 radical (unpaired) electrons. The largest absolute Gasteiger partial charge is 0.376 e. The molecule has 1 aliphatic rings. The molecule has 1 fully saturated rings. The van der Waals surface area contributed by atoms with E-state index < -0.39 is 0 Å². The average Bonchev–Trinajstić information content (AvgIpc) is 3.54. The van der Waals surface area contributed by atoms with Gasteiger partial charge in [-0.1, -0.05) is 12.1 Å². The SMILES string of the molecule is CCNC(=O)c1cccc(NC(=O)CNc2cccc(NC(=O)C3CC3)c2C)c1. The van der Waals surface area contributed by atoms with E-state index in [0.29, 0.717) is 17.8 Å². The summed E-state index contributed by atoms with van der Waals surface area (Å²) in [6, 6.07) is 12.4. The van der Waals surface area contributed by atoms with Crippen molar-refractivity contribution in [1.82, 2.24) is 5.32 Å². The second-order valence-corrected chi connectivity index (χ2v) is 7.08. The van der Waals surface area contributed by atoms with Gasteiger partial charge in [-0.3, -0.25) is 14.4 Å². The Kier molecular flexibility index (Phi) is 6.49. The summed E-state index contributed by atoms with van der Waals surface area (Å²) >= 11 is 0. The summed E-state index contributed by atoms with van der Waals surface area (Å²) in [5.74, 6) is -0.228. The standard InChI is InChI=1S/C22H26N4O3/c1-3-23-21(28)16-6-4-7-17(12-16)25-20(27)13-24-18-8-5-9-19(14(18)2)26-22(29)15-10-11-15/h4-9,12,15,24H,3,10-11,13H2,1-2H3,(H,23,28)(H,25,27)(H,26,29). The Bertz CT molecular complexity index is 922. The molecule has 0 atom stereocenters. The van der Waals surface area contributed by atoms with Gasteiger partial charge in [-0.25, -0.2) is 0 Å². The van der Waals surface area contributed by atoms with Crippen molar-refractivity contribution in [2.24, 2.45) is 5.92 Å². The zero-order valence-corrected chi connectivity index (χ0v) is 16.7. The van der Waals surface area contributed by atoms with Crippen molar-refractivity contribution in [2.75, 3.05) is 29.0 Å². The molecule has 7 heteroatoms. The number of benzene rings is 2. The molecule has 0 spiro atoms. The fraction of sp³-hybridized carbons (Fsp3) is 0.318. The van der Waals surface area contributed by atoms with Gasteiger partial charge in [-0.2, -0.15) is 0 Å². The first-order chi connectivity index (χ1) is 14.0. The van der Waals surface area contributed by atoms with Crippen LogP contribution in [0.25, 0.3) is 0 Å². The van der Waals surface area contributed by atoms with Gasteiger partial charge in [0.15, 0.2) is 0 Å². The molecule has 29 heavy (non-hydrogen) atoms. The summed E-state index contributed by atoms with van der Waals surface area (Å²) in [6.45, 7) is 4.35. The van der Waals surface area contributed by atoms with Crippen LogP contribution in [0, 0.1) is 12.8 Å². The van der Waals surface area contributed by atoms with Crippen LogP contribution in [-0.4, -0.2) is 30.8 Å². The monoisotopic (exact) mass is 394 g/mol. The molecule has 3 amide bonds. The molecule has 0 unspecified atom stereocenters. The van der Waals surface area contributed by atoms with Gasteiger partial charge in [0.05, 0.1) is 6.54 Å². The number of amides is 3. The summed E-state index contributed by atoms with van der Waals surface area (Å²) in [5.41, 5.74) is 3.47. The Morgan fingerprint density at radius 1 is 1.00 bits per heavy atom. The second-order valence-electron chi connectivity index (χ2n) is 7.08. The molecule has 2 aromatic carbocycles. The van der Waals surface area contributed by atoms with E-state index in [0.717, 1.165) is 29.8 Å². The summed E-state index contributed by atoms with van der Waals surface area (Å²) in [6.07, 6.45) is 1.90. The minimum Gasteiger partial charge on any atom is -0.376 e. The zero-order chi connectivity index (χ0) is 20.8. The highest BCUT2D eigenvalue weighted by Crippen LogP contribution is 2.31. The van der Waals surface area contributed by atoms with Gasteiger partial charge in [0.25, 0.3) is 5.91 Å². The summed E-state index contributed by atoms with van der Waals surface area (Å²) in [5, 5.41) is 11.6. The van der Waals surface area contributed by atoms with Gasteiger partial charge in [0.1, 0.15) is 0 Å². The molecule has 152 valence electrons. The number of rotatable bonds is 8. The first-order valence-electron chi connectivity index (χ1n) is 9.80. The van der Waals surface area contributed by atoms with Gasteiger partial charge < -0.3 is 21.3 Å². The molecule has 1 saturated carbocycles. The van der Waals surface area contributed by atoms with Crippen molar-refractivity contribution >= 4 is 34.8 Å². The minimum atomic E-state index is -0.232. The number of anilines is 3. The van der Waals surface area contributed by atoms with Crippen LogP contribution in [0.3, 0.4) is 0 Å². The predicted molar refractivity (Wildman–Crippen MR) is 114 cm³/mol. The molecular formula is C22H26N4O3. The number of hydrogen-bond donors (Lipinski definition) is 4. The third kappa shape index (κ3) is 5.57. The topological polar surface area (TPSA) is 99.3 Å². The van der Waals surface area contributed by atoms with Crippen LogP contribution in [0.4, 0.5) is 17.1 Å². The summed E-state index contributed by atoms with van der Waals surface area (Å²) in [4.78, 5) is 36.2. The second kappa shape index (κ2) is 9.23. The molecule has 3 rings (SSSR count). The highest BCUT2D eigenvalue weighted by molar-refractivity contribution is 5.98. The van der Waals surface area contributed by atoms with Crippen LogP contribution in [0.1, 0.15) is 35.7 Å². The van der Waals surface area contributed by atoms with E-state index in [9.17, 15) is 14.4 Å². The molecule has 0 aromatic heterocycles. The van der Waals surface area contributed by atoms with Crippen molar-refractivity contribution in [3.8, 4) is 0 Å². The maximum Gasteiger partial charge on any atom is 0.251 e. The van der Waals surface area contributed by atoms with E-state index in [1.54, 1.807) is 24.3 Å². The molecule has 1 aliphatic carbocycles. The van der Waals surface area contributed by atoms with Crippen LogP contribution in [0.5, 0.6) is 0 Å². The number of carbonyl (C=O) groups excluding carboxylic acids is 3. The van der Waals surface area contributed by atoms with Gasteiger partial charge in [0, 0.05) is 35.1 Å². The first-order valence-corrected chi connectivity index (χ1v) is 9.80. The maximum atomic E-state index is 12.3. The average molecular weight is 394 g/mol. The fourth-order valence-corrected chi connectivity index (χ4v) is 2.92. The number of nitrogens with one attached hydrogen (secondary N) is 4. The zero-order valence-electron chi connectivity index (χ0n) is 16.7. The van der Waals surface area contributed by atoms with Crippen molar-refractivity contribution < 1.29 is 14.4 Å². The molecule has 0 aliphatic heterocycles. The molecule has 0 heterocycles. The van der Waals surface area contributed by atoms with Crippen molar-refractivity contribution in [3.05, 3.63) is 53.6 Å². The number of hydrogen-bond acceptors (Lipinski definition) is 4. The highest BCUT2D eigenvalue weighted by atomic mass is 16.2. The normalized spacial score (nSPS) is 12.8. The molecule has 0 bridgehead atoms. The lowest BCUT2D eigenvalue weighted by atomic mass is 10.1. The van der Waals surface area contributed by atoms with Gasteiger partial charge in [-0.05, 0) is 62.6 Å². The van der Waals surface area contributed by atoms with Gasteiger partial charge in [-0.15, -0.1) is 0 Å². The van der Waals surface area contributed by atoms with E-state index in [-0.39, 0.29) is 30.2 Å². The van der Waals surface area contributed by atoms with E-state index in [2.05, 4.69) is 21.3 Å². The van der Waals surface area contributed by atoms with Crippen molar-refractivity contribution in [1.29, 1.82) is 0 Å². The van der Waals surface area contributed by atoms with Crippen LogP contribution in [0.15, 0.2) is 42.5 Å². The smallest absolute Gasteiger partial charge is 0.251 e. The van der Waals surface area contributed by atoms with E-state index >= 15 is 0 Å². The highest BCUT2D eigenvalue weighted by Gasteiger charge is 2.29. The lowest BCUT2D eigenvalue weighted by Gasteiger charge is -2.14. The minimum absolute atomic E-state index is 0.0509. The predicted octanol–water partition coefficient (Wildman–Crippen LogP) is 3.14. The Hall–Kier alpha value is -3.35. The van der Waals surface area contributed by atoms with Crippen LogP contribution < -0.4 is 21.3 Å². The molecule has 4 N–H and O–H groups in total. The Balaban J connectivity index is 1.57. The third-order valence-electron chi connectivity index (χ3n) is 4.73. The van der Waals surface area contributed by atoms with Crippen LogP contribution in [0.2, 0.25) is 0 Å². The third-order valence-corrected chi connectivity index (χ3v) is 4.73. The molecule has 0 saturated heterocycles. The quantitative estimate of drug-likeness (QED) is 0.553. The lowest BCUT2D eigenvalue weighted by Crippen LogP contribution is -2.24. The summed E-state index contributed by atoms with van der Waals surface area (Å²) in [7, 11) is 0. The van der Waals surface area contributed by atoms with E-state index in [4.69, 9.17) is 0 Å². The van der Waals surface area contributed by atoms with E-state index in [1.165, 1.54) is 0 Å².